The topological polar surface area (TPSA) is 19.4 Å². The summed E-state index contributed by atoms with van der Waals surface area (Å²) < 4.78 is 27.2. The highest BCUT2D eigenvalue weighted by Gasteiger charge is 2.24. The second-order valence-electron chi connectivity index (χ2n) is 6.22. The van der Waals surface area contributed by atoms with Gasteiger partial charge in [-0.15, -0.1) is 0 Å². The van der Waals surface area contributed by atoms with Crippen molar-refractivity contribution in [3.63, 3.8) is 0 Å². The predicted octanol–water partition coefficient (Wildman–Crippen LogP) is 5.29. The molecule has 0 saturated carbocycles. The first-order valence-electron chi connectivity index (χ1n) is 8.34. The lowest BCUT2D eigenvalue weighted by Gasteiger charge is -2.25. The summed E-state index contributed by atoms with van der Waals surface area (Å²) in [6.07, 6.45) is 2.70. The molecule has 2 rings (SSSR count). The van der Waals surface area contributed by atoms with Gasteiger partial charge in [0.05, 0.1) is 11.4 Å². The first-order chi connectivity index (χ1) is 11.8. The maximum Gasteiger partial charge on any atom is 0.270 e. The highest BCUT2D eigenvalue weighted by molar-refractivity contribution is 5.73. The minimum atomic E-state index is -2.88. The van der Waals surface area contributed by atoms with Crippen LogP contribution in [0.3, 0.4) is 0 Å². The number of halogens is 2. The molecule has 25 heavy (non-hydrogen) atoms. The van der Waals surface area contributed by atoms with Gasteiger partial charge in [-0.3, -0.25) is 0 Å². The SMILES string of the molecule is C=CN(C)c1nc(-c2cccc(C(C)(F)F)c2)ccc1N(C)CCC. The molecule has 0 spiro atoms. The van der Waals surface area contributed by atoms with Crippen LogP contribution < -0.4 is 9.80 Å². The first-order valence-corrected chi connectivity index (χ1v) is 8.34. The molecular formula is C20H25F2N3. The Hall–Kier alpha value is -2.43. The van der Waals surface area contributed by atoms with Crippen LogP contribution in [0.4, 0.5) is 20.3 Å². The fourth-order valence-electron chi connectivity index (χ4n) is 2.65. The molecule has 3 nitrogen and oxygen atoms in total. The molecule has 2 aromatic rings. The van der Waals surface area contributed by atoms with Gasteiger partial charge in [0.25, 0.3) is 5.92 Å². The van der Waals surface area contributed by atoms with Crippen molar-refractivity contribution < 1.29 is 8.78 Å². The first kappa shape index (κ1) is 18.9. The van der Waals surface area contributed by atoms with Crippen LogP contribution in [0.25, 0.3) is 11.3 Å². The summed E-state index contributed by atoms with van der Waals surface area (Å²) in [4.78, 5) is 8.67. The Morgan fingerprint density at radius 1 is 1.20 bits per heavy atom. The lowest BCUT2D eigenvalue weighted by Crippen LogP contribution is -2.22. The molecule has 0 aliphatic carbocycles. The van der Waals surface area contributed by atoms with Crippen molar-refractivity contribution in [3.05, 3.63) is 54.7 Å². The van der Waals surface area contributed by atoms with Gasteiger partial charge in [0.1, 0.15) is 0 Å². The number of hydrogen-bond acceptors (Lipinski definition) is 3. The fourth-order valence-corrected chi connectivity index (χ4v) is 2.65. The Kier molecular flexibility index (Phi) is 5.77. The van der Waals surface area contributed by atoms with E-state index in [0.717, 1.165) is 31.4 Å². The second kappa shape index (κ2) is 7.64. The van der Waals surface area contributed by atoms with Crippen molar-refractivity contribution in [2.75, 3.05) is 30.4 Å². The fraction of sp³-hybridized carbons (Fsp3) is 0.350. The Morgan fingerprint density at radius 2 is 1.92 bits per heavy atom. The van der Waals surface area contributed by atoms with Gasteiger partial charge in [0.15, 0.2) is 5.82 Å². The van der Waals surface area contributed by atoms with Gasteiger partial charge in [-0.1, -0.05) is 31.7 Å². The molecule has 134 valence electrons. The number of aromatic nitrogens is 1. The molecule has 1 aromatic carbocycles. The third kappa shape index (κ3) is 4.35. The quantitative estimate of drug-likeness (QED) is 0.680. The van der Waals surface area contributed by atoms with Crippen molar-refractivity contribution in [1.29, 1.82) is 0 Å². The van der Waals surface area contributed by atoms with Crippen LogP contribution in [0.1, 0.15) is 25.8 Å². The zero-order chi connectivity index (χ0) is 18.6. The third-order valence-corrected chi connectivity index (χ3v) is 4.10. The van der Waals surface area contributed by atoms with E-state index in [1.165, 1.54) is 12.1 Å². The van der Waals surface area contributed by atoms with E-state index in [4.69, 9.17) is 4.98 Å². The van der Waals surface area contributed by atoms with E-state index < -0.39 is 5.92 Å². The maximum absolute atomic E-state index is 13.6. The van der Waals surface area contributed by atoms with Gasteiger partial charge in [-0.25, -0.2) is 13.8 Å². The summed E-state index contributed by atoms with van der Waals surface area (Å²) >= 11 is 0. The van der Waals surface area contributed by atoms with Crippen molar-refractivity contribution >= 4 is 11.5 Å². The highest BCUT2D eigenvalue weighted by atomic mass is 19.3. The Bertz CT molecular complexity index is 738. The molecular weight excluding hydrogens is 320 g/mol. The molecule has 1 heterocycles. The molecule has 0 N–H and O–H groups in total. The van der Waals surface area contributed by atoms with Crippen molar-refractivity contribution in [2.45, 2.75) is 26.2 Å². The van der Waals surface area contributed by atoms with Gasteiger partial charge < -0.3 is 9.80 Å². The molecule has 0 amide bonds. The van der Waals surface area contributed by atoms with Gasteiger partial charge in [0.2, 0.25) is 0 Å². The number of benzene rings is 1. The monoisotopic (exact) mass is 345 g/mol. The van der Waals surface area contributed by atoms with Gasteiger partial charge in [0, 0.05) is 38.7 Å². The molecule has 5 heteroatoms. The number of hydrogen-bond donors (Lipinski definition) is 0. The smallest absolute Gasteiger partial charge is 0.270 e. The third-order valence-electron chi connectivity index (χ3n) is 4.10. The maximum atomic E-state index is 13.6. The molecule has 0 atom stereocenters. The lowest BCUT2D eigenvalue weighted by molar-refractivity contribution is 0.0175. The summed E-state index contributed by atoms with van der Waals surface area (Å²) in [7, 11) is 3.89. The second-order valence-corrected chi connectivity index (χ2v) is 6.22. The van der Waals surface area contributed by atoms with E-state index in [1.807, 2.05) is 31.1 Å². The average molecular weight is 345 g/mol. The van der Waals surface area contributed by atoms with Gasteiger partial charge in [-0.05, 0) is 30.8 Å². The molecule has 0 bridgehead atoms. The average Bonchev–Trinajstić information content (AvgIpc) is 2.60. The summed E-state index contributed by atoms with van der Waals surface area (Å²) in [6, 6.07) is 10.2. The van der Waals surface area contributed by atoms with Crippen LogP contribution in [0, 0.1) is 0 Å². The van der Waals surface area contributed by atoms with E-state index in [9.17, 15) is 8.78 Å². The van der Waals surface area contributed by atoms with Crippen LogP contribution in [-0.2, 0) is 5.92 Å². The van der Waals surface area contributed by atoms with E-state index in [2.05, 4.69) is 18.4 Å². The normalized spacial score (nSPS) is 11.3. The largest absolute Gasteiger partial charge is 0.372 e. The molecule has 0 saturated heterocycles. The predicted molar refractivity (Wildman–Crippen MR) is 101 cm³/mol. The van der Waals surface area contributed by atoms with Crippen LogP contribution in [0.15, 0.2) is 49.2 Å². The van der Waals surface area contributed by atoms with Crippen LogP contribution in [-0.4, -0.2) is 25.6 Å². The van der Waals surface area contributed by atoms with E-state index in [1.54, 1.807) is 18.3 Å². The number of rotatable bonds is 7. The Morgan fingerprint density at radius 3 is 2.52 bits per heavy atom. The van der Waals surface area contributed by atoms with E-state index in [0.29, 0.717) is 11.3 Å². The molecule has 0 aliphatic heterocycles. The highest BCUT2D eigenvalue weighted by Crippen LogP contribution is 2.33. The zero-order valence-electron chi connectivity index (χ0n) is 15.3. The van der Waals surface area contributed by atoms with E-state index >= 15 is 0 Å². The number of alkyl halides is 2. The van der Waals surface area contributed by atoms with Crippen molar-refractivity contribution in [2.24, 2.45) is 0 Å². The number of anilines is 2. The molecule has 0 radical (unpaired) electrons. The lowest BCUT2D eigenvalue weighted by atomic mass is 10.0. The minimum absolute atomic E-state index is 0.0161. The number of pyridine rings is 1. The summed E-state index contributed by atoms with van der Waals surface area (Å²) in [5.41, 5.74) is 2.29. The zero-order valence-corrected chi connectivity index (χ0v) is 15.3. The minimum Gasteiger partial charge on any atom is -0.372 e. The van der Waals surface area contributed by atoms with Crippen molar-refractivity contribution in [3.8, 4) is 11.3 Å². The Labute approximate surface area is 148 Å². The summed E-state index contributed by atoms with van der Waals surface area (Å²) in [5, 5.41) is 0. The molecule has 0 fully saturated rings. The molecule has 1 aromatic heterocycles. The van der Waals surface area contributed by atoms with Crippen LogP contribution in [0.2, 0.25) is 0 Å². The van der Waals surface area contributed by atoms with Gasteiger partial charge >= 0.3 is 0 Å². The van der Waals surface area contributed by atoms with Crippen LogP contribution in [0.5, 0.6) is 0 Å². The van der Waals surface area contributed by atoms with Gasteiger partial charge in [-0.2, -0.15) is 0 Å². The summed E-state index contributed by atoms with van der Waals surface area (Å²) in [5.74, 6) is -2.13. The van der Waals surface area contributed by atoms with Crippen LogP contribution >= 0.6 is 0 Å². The Balaban J connectivity index is 2.52. The molecule has 0 aliphatic rings. The van der Waals surface area contributed by atoms with Crippen molar-refractivity contribution in [1.82, 2.24) is 4.98 Å². The summed E-state index contributed by atoms with van der Waals surface area (Å²) in [6.45, 7) is 7.72. The number of nitrogens with zero attached hydrogens (tertiary/aromatic N) is 3. The van der Waals surface area contributed by atoms with E-state index in [-0.39, 0.29) is 5.56 Å². The molecule has 0 unspecified atom stereocenters. The standard InChI is InChI=1S/C20H25F2N3/c1-6-13-25(5)18-12-11-17(23-19(18)24(4)7-2)15-9-8-10-16(14-15)20(3,21)22/h7-12,14H,2,6,13H2,1,3-5H3.